The lowest BCUT2D eigenvalue weighted by Gasteiger charge is -2.18. The number of benzene rings is 4. The van der Waals surface area contributed by atoms with Crippen LogP contribution in [0, 0.1) is 0 Å². The van der Waals surface area contributed by atoms with Gasteiger partial charge in [-0.05, 0) is 110 Å². The van der Waals surface area contributed by atoms with Crippen molar-refractivity contribution in [3.8, 4) is 55.9 Å². The first-order valence-electron chi connectivity index (χ1n) is 14.6. The van der Waals surface area contributed by atoms with Gasteiger partial charge in [0, 0.05) is 48.3 Å². The summed E-state index contributed by atoms with van der Waals surface area (Å²) in [7, 11) is 0. The molecular formula is C40H26N4. The van der Waals surface area contributed by atoms with Gasteiger partial charge in [-0.25, -0.2) is 0 Å². The molecule has 0 saturated heterocycles. The molecular weight excluding hydrogens is 536 g/mol. The first kappa shape index (κ1) is 25.7. The van der Waals surface area contributed by atoms with Crippen molar-refractivity contribution in [1.82, 2.24) is 19.9 Å². The number of pyridine rings is 4. The average molecular weight is 563 g/mol. The first-order chi connectivity index (χ1) is 21.8. The summed E-state index contributed by atoms with van der Waals surface area (Å²) < 4.78 is 0. The van der Waals surface area contributed by atoms with Crippen molar-refractivity contribution in [2.45, 2.75) is 0 Å². The Morgan fingerprint density at radius 3 is 1.30 bits per heavy atom. The van der Waals surface area contributed by atoms with E-state index in [0.717, 1.165) is 71.9 Å². The summed E-state index contributed by atoms with van der Waals surface area (Å²) in [5, 5.41) is 4.54. The third kappa shape index (κ3) is 4.59. The molecule has 0 atom stereocenters. The average Bonchev–Trinajstić information content (AvgIpc) is 3.11. The molecule has 4 heterocycles. The Hall–Kier alpha value is -6.00. The normalized spacial score (nSPS) is 11.2. The maximum atomic E-state index is 4.96. The van der Waals surface area contributed by atoms with E-state index in [2.05, 4.69) is 107 Å². The van der Waals surface area contributed by atoms with Crippen molar-refractivity contribution in [1.29, 1.82) is 0 Å². The summed E-state index contributed by atoms with van der Waals surface area (Å²) in [6.07, 6.45) is 11.1. The highest BCUT2D eigenvalue weighted by atomic mass is 14.7. The van der Waals surface area contributed by atoms with Gasteiger partial charge in [0.1, 0.15) is 0 Å². The van der Waals surface area contributed by atoms with Gasteiger partial charge in [0.25, 0.3) is 0 Å². The number of rotatable bonds is 5. The van der Waals surface area contributed by atoms with E-state index in [0.29, 0.717) is 0 Å². The van der Waals surface area contributed by atoms with Crippen molar-refractivity contribution in [2.75, 3.05) is 0 Å². The summed E-state index contributed by atoms with van der Waals surface area (Å²) in [5.74, 6) is 0. The minimum Gasteiger partial charge on any atom is -0.265 e. The van der Waals surface area contributed by atoms with Crippen LogP contribution in [0.25, 0.3) is 77.4 Å². The standard InChI is InChI=1S/C40H26N4/c1-2-6-27(7-3-1)30-10-11-35-36(24-30)40(38-26-32(17-23-44-38)29-14-20-42-21-15-29)34-9-5-4-8-33(34)39(35)37-25-31(16-22-43-37)28-12-18-41-19-13-28/h1-26H. The molecule has 8 aromatic rings. The predicted molar refractivity (Wildman–Crippen MR) is 180 cm³/mol. The van der Waals surface area contributed by atoms with Crippen LogP contribution in [-0.4, -0.2) is 19.9 Å². The van der Waals surface area contributed by atoms with Gasteiger partial charge in [0.2, 0.25) is 0 Å². The SMILES string of the molecule is c1ccc(-c2ccc3c(-c4cc(-c5ccncc5)ccn4)c4ccccc4c(-c4cc(-c5ccncc5)ccn4)c3c2)cc1. The zero-order valence-electron chi connectivity index (χ0n) is 23.8. The quantitative estimate of drug-likeness (QED) is 0.196. The summed E-state index contributed by atoms with van der Waals surface area (Å²) in [5.41, 5.74) is 10.8. The molecule has 0 bridgehead atoms. The van der Waals surface area contributed by atoms with E-state index in [-0.39, 0.29) is 0 Å². The number of hydrogen-bond donors (Lipinski definition) is 0. The number of fused-ring (bicyclic) bond motifs is 2. The molecule has 0 spiro atoms. The van der Waals surface area contributed by atoms with Crippen LogP contribution >= 0.6 is 0 Å². The Morgan fingerprint density at radius 1 is 0.295 bits per heavy atom. The highest BCUT2D eigenvalue weighted by Gasteiger charge is 2.19. The number of hydrogen-bond acceptors (Lipinski definition) is 4. The Balaban J connectivity index is 1.45. The second-order valence-corrected chi connectivity index (χ2v) is 10.8. The second-order valence-electron chi connectivity index (χ2n) is 10.8. The van der Waals surface area contributed by atoms with Gasteiger partial charge in [-0.1, -0.05) is 66.7 Å². The molecule has 0 unspecified atom stereocenters. The zero-order valence-corrected chi connectivity index (χ0v) is 23.8. The fourth-order valence-corrected chi connectivity index (χ4v) is 6.12. The minimum absolute atomic E-state index is 0.927. The number of nitrogens with zero attached hydrogens (tertiary/aromatic N) is 4. The fourth-order valence-electron chi connectivity index (χ4n) is 6.12. The predicted octanol–water partition coefficient (Wildman–Crippen LogP) is 9.91. The monoisotopic (exact) mass is 562 g/mol. The van der Waals surface area contributed by atoms with Gasteiger partial charge in [-0.3, -0.25) is 19.9 Å². The molecule has 0 saturated carbocycles. The molecule has 4 heteroatoms. The molecule has 0 amide bonds. The van der Waals surface area contributed by atoms with Gasteiger partial charge in [-0.2, -0.15) is 0 Å². The van der Waals surface area contributed by atoms with Crippen LogP contribution in [0.15, 0.2) is 159 Å². The van der Waals surface area contributed by atoms with Crippen LogP contribution in [0.1, 0.15) is 0 Å². The van der Waals surface area contributed by atoms with Gasteiger partial charge in [0.05, 0.1) is 11.4 Å². The highest BCUT2D eigenvalue weighted by molar-refractivity contribution is 6.21. The fraction of sp³-hybridized carbons (Fsp3) is 0. The van der Waals surface area contributed by atoms with Gasteiger partial charge >= 0.3 is 0 Å². The van der Waals surface area contributed by atoms with Crippen molar-refractivity contribution >= 4 is 21.5 Å². The summed E-state index contributed by atoms with van der Waals surface area (Å²) in [4.78, 5) is 18.3. The molecule has 4 aromatic heterocycles. The van der Waals surface area contributed by atoms with E-state index in [4.69, 9.17) is 9.97 Å². The van der Waals surface area contributed by atoms with E-state index >= 15 is 0 Å². The molecule has 0 N–H and O–H groups in total. The largest absolute Gasteiger partial charge is 0.265 e. The van der Waals surface area contributed by atoms with Crippen LogP contribution in [-0.2, 0) is 0 Å². The minimum atomic E-state index is 0.927. The van der Waals surface area contributed by atoms with E-state index in [1.54, 1.807) is 0 Å². The maximum absolute atomic E-state index is 4.96. The maximum Gasteiger partial charge on any atom is 0.0720 e. The van der Waals surface area contributed by atoms with E-state index in [1.165, 1.54) is 5.56 Å². The lowest BCUT2D eigenvalue weighted by molar-refractivity contribution is 1.31. The van der Waals surface area contributed by atoms with Crippen molar-refractivity contribution in [3.05, 3.63) is 159 Å². The lowest BCUT2D eigenvalue weighted by Crippen LogP contribution is -1.95. The molecule has 206 valence electrons. The van der Waals surface area contributed by atoms with Crippen LogP contribution in [0.5, 0.6) is 0 Å². The van der Waals surface area contributed by atoms with Crippen molar-refractivity contribution < 1.29 is 0 Å². The summed E-state index contributed by atoms with van der Waals surface area (Å²) >= 11 is 0. The molecule has 0 aliphatic rings. The summed E-state index contributed by atoms with van der Waals surface area (Å²) in [6, 6.07) is 42.5. The van der Waals surface area contributed by atoms with Gasteiger partial charge in [-0.15, -0.1) is 0 Å². The first-order valence-corrected chi connectivity index (χ1v) is 14.6. The van der Waals surface area contributed by atoms with E-state index in [1.807, 2.05) is 61.4 Å². The molecule has 0 aliphatic heterocycles. The molecule has 8 rings (SSSR count). The van der Waals surface area contributed by atoms with Gasteiger partial charge < -0.3 is 0 Å². The lowest BCUT2D eigenvalue weighted by atomic mass is 9.86. The van der Waals surface area contributed by atoms with Crippen molar-refractivity contribution in [2.24, 2.45) is 0 Å². The van der Waals surface area contributed by atoms with Crippen molar-refractivity contribution in [3.63, 3.8) is 0 Å². The third-order valence-corrected chi connectivity index (χ3v) is 8.19. The number of aromatic nitrogens is 4. The Kier molecular flexibility index (Phi) is 6.43. The highest BCUT2D eigenvalue weighted by Crippen LogP contribution is 2.44. The Labute approximate surface area is 255 Å². The zero-order chi connectivity index (χ0) is 29.3. The topological polar surface area (TPSA) is 51.6 Å². The molecule has 4 nitrogen and oxygen atoms in total. The van der Waals surface area contributed by atoms with Crippen LogP contribution in [0.3, 0.4) is 0 Å². The third-order valence-electron chi connectivity index (χ3n) is 8.19. The molecule has 4 aromatic carbocycles. The van der Waals surface area contributed by atoms with Crippen LogP contribution < -0.4 is 0 Å². The molecule has 44 heavy (non-hydrogen) atoms. The van der Waals surface area contributed by atoms with E-state index < -0.39 is 0 Å². The summed E-state index contributed by atoms with van der Waals surface area (Å²) in [6.45, 7) is 0. The van der Waals surface area contributed by atoms with E-state index in [9.17, 15) is 0 Å². The molecule has 0 aliphatic carbocycles. The molecule has 0 radical (unpaired) electrons. The van der Waals surface area contributed by atoms with Crippen LogP contribution in [0.2, 0.25) is 0 Å². The van der Waals surface area contributed by atoms with Crippen LogP contribution in [0.4, 0.5) is 0 Å². The van der Waals surface area contributed by atoms with Gasteiger partial charge in [0.15, 0.2) is 0 Å². The smallest absolute Gasteiger partial charge is 0.0720 e. The Bertz CT molecular complexity index is 2260. The second kappa shape index (κ2) is 11.0. The Morgan fingerprint density at radius 2 is 0.727 bits per heavy atom. The molecule has 0 fully saturated rings.